The molecule has 4 aromatic rings. The number of aromatic amines is 1. The molecule has 1 aromatic carbocycles. The van der Waals surface area contributed by atoms with Gasteiger partial charge in [0, 0.05) is 23.0 Å². The van der Waals surface area contributed by atoms with Crippen molar-refractivity contribution < 1.29 is 0 Å². The number of nitrogens with zero attached hydrogens (tertiary/aromatic N) is 5. The molecule has 0 bridgehead atoms. The van der Waals surface area contributed by atoms with E-state index in [0.29, 0.717) is 16.6 Å². The van der Waals surface area contributed by atoms with E-state index in [9.17, 15) is 5.26 Å². The predicted octanol–water partition coefficient (Wildman–Crippen LogP) is 4.53. The van der Waals surface area contributed by atoms with Gasteiger partial charge < -0.3 is 0 Å². The molecule has 3 aromatic heterocycles. The minimum atomic E-state index is 0.470. The Morgan fingerprint density at radius 2 is 2.00 bits per heavy atom. The van der Waals surface area contributed by atoms with Crippen LogP contribution < -0.4 is 5.32 Å². The van der Waals surface area contributed by atoms with Gasteiger partial charge in [-0.15, -0.1) is 5.10 Å². The van der Waals surface area contributed by atoms with Crippen molar-refractivity contribution in [1.29, 1.82) is 5.26 Å². The molecule has 0 saturated carbocycles. The van der Waals surface area contributed by atoms with Gasteiger partial charge in [0.05, 0.1) is 22.2 Å². The van der Waals surface area contributed by atoms with Crippen molar-refractivity contribution in [2.24, 2.45) is 0 Å². The van der Waals surface area contributed by atoms with E-state index in [1.165, 1.54) is 11.3 Å². The fraction of sp³-hybridized carbons (Fsp3) is 0.150. The minimum Gasteiger partial charge on any atom is -0.299 e. The Bertz CT molecular complexity index is 1200. The van der Waals surface area contributed by atoms with Crippen LogP contribution in [0.4, 0.5) is 11.1 Å². The highest BCUT2D eigenvalue weighted by Crippen LogP contribution is 2.41. The first kappa shape index (κ1) is 17.8. The summed E-state index contributed by atoms with van der Waals surface area (Å²) in [5.74, 6) is 1.19. The lowest BCUT2D eigenvalue weighted by atomic mass is 10.0. The molecule has 28 heavy (non-hydrogen) atoms. The number of nitriles is 1. The van der Waals surface area contributed by atoms with E-state index >= 15 is 0 Å². The summed E-state index contributed by atoms with van der Waals surface area (Å²) >= 11 is 1.52. The van der Waals surface area contributed by atoms with Crippen LogP contribution in [0.5, 0.6) is 0 Å². The fourth-order valence-electron chi connectivity index (χ4n) is 2.85. The van der Waals surface area contributed by atoms with Crippen molar-refractivity contribution in [2.75, 3.05) is 5.32 Å². The average Bonchev–Trinajstić information content (AvgIpc) is 3.30. The predicted molar refractivity (Wildman–Crippen MR) is 109 cm³/mol. The first-order valence-corrected chi connectivity index (χ1v) is 9.46. The topological polar surface area (TPSA) is 103 Å². The summed E-state index contributed by atoms with van der Waals surface area (Å²) in [7, 11) is 0. The fourth-order valence-corrected chi connectivity index (χ4v) is 3.92. The Balaban J connectivity index is 1.87. The van der Waals surface area contributed by atoms with Crippen LogP contribution in [0, 0.1) is 32.1 Å². The summed E-state index contributed by atoms with van der Waals surface area (Å²) in [6, 6.07) is 11.7. The number of nitrogens with one attached hydrogen (secondary N) is 2. The van der Waals surface area contributed by atoms with Crippen molar-refractivity contribution >= 4 is 22.4 Å². The lowest BCUT2D eigenvalue weighted by Crippen LogP contribution is -1.92. The first-order valence-electron chi connectivity index (χ1n) is 8.64. The summed E-state index contributed by atoms with van der Waals surface area (Å²) in [6.45, 7) is 5.84. The van der Waals surface area contributed by atoms with Crippen molar-refractivity contribution in [3.63, 3.8) is 0 Å². The molecule has 0 saturated heterocycles. The quantitative estimate of drug-likeness (QED) is 0.533. The number of rotatable bonds is 4. The van der Waals surface area contributed by atoms with Gasteiger partial charge in [0.2, 0.25) is 5.95 Å². The van der Waals surface area contributed by atoms with Crippen LogP contribution >= 0.6 is 11.3 Å². The highest BCUT2D eigenvalue weighted by molar-refractivity contribution is 7.19. The van der Waals surface area contributed by atoms with E-state index < -0.39 is 0 Å². The van der Waals surface area contributed by atoms with Gasteiger partial charge in [0.1, 0.15) is 5.82 Å². The Morgan fingerprint density at radius 1 is 1.14 bits per heavy atom. The minimum absolute atomic E-state index is 0.470. The number of aryl methyl sites for hydroxylation is 3. The molecule has 0 radical (unpaired) electrons. The summed E-state index contributed by atoms with van der Waals surface area (Å²) in [4.78, 5) is 14.5. The number of hydrogen-bond acceptors (Lipinski definition) is 7. The monoisotopic (exact) mass is 387 g/mol. The number of hydrogen-bond donors (Lipinski definition) is 2. The maximum atomic E-state index is 9.27. The molecule has 2 N–H and O–H groups in total. The van der Waals surface area contributed by atoms with E-state index in [-0.39, 0.29) is 0 Å². The van der Waals surface area contributed by atoms with Crippen LogP contribution in [0.1, 0.15) is 22.6 Å². The Hall–Kier alpha value is -3.57. The highest BCUT2D eigenvalue weighted by Gasteiger charge is 2.18. The van der Waals surface area contributed by atoms with Gasteiger partial charge in [0.15, 0.2) is 5.13 Å². The van der Waals surface area contributed by atoms with Crippen LogP contribution in [-0.2, 0) is 0 Å². The molecule has 0 aliphatic heterocycles. The molecule has 0 aliphatic rings. The van der Waals surface area contributed by atoms with Crippen LogP contribution in [0.2, 0.25) is 0 Å². The lowest BCUT2D eigenvalue weighted by Gasteiger charge is -2.07. The highest BCUT2D eigenvalue weighted by atomic mass is 32.1. The van der Waals surface area contributed by atoms with Crippen molar-refractivity contribution in [3.05, 3.63) is 59.2 Å². The third kappa shape index (κ3) is 3.48. The molecule has 3 heterocycles. The zero-order chi connectivity index (χ0) is 19.7. The van der Waals surface area contributed by atoms with Gasteiger partial charge in [-0.05, 0) is 44.5 Å². The van der Waals surface area contributed by atoms with Gasteiger partial charge in [-0.2, -0.15) is 10.2 Å². The normalized spacial score (nSPS) is 10.6. The Labute approximate surface area is 166 Å². The van der Waals surface area contributed by atoms with E-state index in [0.717, 1.165) is 38.8 Å². The van der Waals surface area contributed by atoms with Crippen LogP contribution in [0.15, 0.2) is 36.5 Å². The third-order valence-electron chi connectivity index (χ3n) is 4.19. The first-order chi connectivity index (χ1) is 13.5. The van der Waals surface area contributed by atoms with E-state index in [4.69, 9.17) is 4.98 Å². The van der Waals surface area contributed by atoms with E-state index in [1.54, 1.807) is 6.07 Å². The molecule has 8 heteroatoms. The van der Waals surface area contributed by atoms with Crippen molar-refractivity contribution in [2.45, 2.75) is 20.8 Å². The Kier molecular flexibility index (Phi) is 4.59. The standard InChI is InChI=1S/C20H17N7S/c1-11-10-22-12(2)7-16(11)18-17(15-6-4-5-14(8-15)9-21)24-20(28-18)25-19-23-13(3)26-27-19/h4-8,10H,1-3H3,(H2,23,24,25,26,27). The maximum absolute atomic E-state index is 9.27. The molecule has 7 nitrogen and oxygen atoms in total. The third-order valence-corrected chi connectivity index (χ3v) is 5.20. The summed E-state index contributed by atoms with van der Waals surface area (Å²) in [6.07, 6.45) is 1.87. The lowest BCUT2D eigenvalue weighted by molar-refractivity contribution is 1.04. The van der Waals surface area contributed by atoms with Crippen molar-refractivity contribution in [1.82, 2.24) is 25.1 Å². The smallest absolute Gasteiger partial charge is 0.248 e. The molecule has 0 spiro atoms. The van der Waals surface area contributed by atoms with Gasteiger partial charge in [-0.1, -0.05) is 23.5 Å². The molecular formula is C20H17N7S. The van der Waals surface area contributed by atoms with Gasteiger partial charge in [-0.3, -0.25) is 15.4 Å². The van der Waals surface area contributed by atoms with E-state index in [2.05, 4.69) is 37.6 Å². The molecular weight excluding hydrogens is 370 g/mol. The number of aromatic nitrogens is 5. The molecule has 4 rings (SSSR count). The van der Waals surface area contributed by atoms with Crippen LogP contribution in [0.3, 0.4) is 0 Å². The average molecular weight is 387 g/mol. The van der Waals surface area contributed by atoms with Crippen LogP contribution in [-0.4, -0.2) is 25.1 Å². The summed E-state index contributed by atoms with van der Waals surface area (Å²) < 4.78 is 0. The number of pyridine rings is 1. The number of benzene rings is 1. The molecule has 0 aliphatic carbocycles. The van der Waals surface area contributed by atoms with E-state index in [1.807, 2.05) is 45.2 Å². The zero-order valence-corrected chi connectivity index (χ0v) is 16.4. The van der Waals surface area contributed by atoms with Gasteiger partial charge in [0.25, 0.3) is 0 Å². The molecule has 0 atom stereocenters. The summed E-state index contributed by atoms with van der Waals surface area (Å²) in [5.41, 5.74) is 5.36. The summed E-state index contributed by atoms with van der Waals surface area (Å²) in [5, 5.41) is 20.0. The number of thiazole rings is 1. The number of anilines is 2. The second kappa shape index (κ2) is 7.21. The second-order valence-corrected chi connectivity index (χ2v) is 7.40. The zero-order valence-electron chi connectivity index (χ0n) is 15.6. The van der Waals surface area contributed by atoms with Crippen LogP contribution in [0.25, 0.3) is 21.7 Å². The maximum Gasteiger partial charge on any atom is 0.248 e. The van der Waals surface area contributed by atoms with Gasteiger partial charge in [-0.25, -0.2) is 4.98 Å². The largest absolute Gasteiger partial charge is 0.299 e. The Morgan fingerprint density at radius 3 is 2.75 bits per heavy atom. The number of H-pyrrole nitrogens is 1. The van der Waals surface area contributed by atoms with Gasteiger partial charge >= 0.3 is 0 Å². The molecule has 0 amide bonds. The van der Waals surface area contributed by atoms with Crippen molar-refractivity contribution in [3.8, 4) is 27.8 Å². The second-order valence-electron chi connectivity index (χ2n) is 6.40. The SMILES string of the molecule is Cc1cc(-c2sc(Nc3n[nH]c(C)n3)nc2-c2cccc(C#N)c2)c(C)cn1. The molecule has 0 fully saturated rings. The molecule has 0 unspecified atom stereocenters. The molecule has 138 valence electrons.